The van der Waals surface area contributed by atoms with Gasteiger partial charge in [-0.2, -0.15) is 0 Å². The molecule has 1 saturated heterocycles. The summed E-state index contributed by atoms with van der Waals surface area (Å²) < 4.78 is 5.71. The maximum Gasteiger partial charge on any atom is 0.0976 e. The summed E-state index contributed by atoms with van der Waals surface area (Å²) in [6.45, 7) is 3.82. The highest BCUT2D eigenvalue weighted by Gasteiger charge is 2.22. The van der Waals surface area contributed by atoms with E-state index in [2.05, 4.69) is 18.3 Å². The summed E-state index contributed by atoms with van der Waals surface area (Å²) in [6.07, 6.45) is 0.127. The van der Waals surface area contributed by atoms with E-state index in [1.54, 1.807) is 0 Å². The van der Waals surface area contributed by atoms with Gasteiger partial charge in [0.2, 0.25) is 0 Å². The fourth-order valence-electron chi connectivity index (χ4n) is 1.79. The van der Waals surface area contributed by atoms with Gasteiger partial charge in [0.15, 0.2) is 0 Å². The molecule has 0 amide bonds. The van der Waals surface area contributed by atoms with Crippen molar-refractivity contribution in [2.24, 2.45) is 0 Å². The Kier molecular flexibility index (Phi) is 3.06. The van der Waals surface area contributed by atoms with Crippen LogP contribution in [0.4, 0.5) is 0 Å². The van der Waals surface area contributed by atoms with Crippen molar-refractivity contribution >= 4 is 11.6 Å². The summed E-state index contributed by atoms with van der Waals surface area (Å²) in [6, 6.07) is 8.21. The third-order valence-electron chi connectivity index (χ3n) is 2.50. The number of hydrogen-bond donors (Lipinski definition) is 1. The first-order valence-electron chi connectivity index (χ1n) is 4.88. The summed E-state index contributed by atoms with van der Waals surface area (Å²) in [5, 5.41) is 4.15. The number of nitrogens with one attached hydrogen (secondary N) is 1. The molecule has 1 aliphatic rings. The summed E-state index contributed by atoms with van der Waals surface area (Å²) in [5.41, 5.74) is 1.15. The number of morpholine rings is 1. The molecule has 0 saturated carbocycles. The molecule has 0 unspecified atom stereocenters. The molecule has 14 heavy (non-hydrogen) atoms. The second-order valence-electron chi connectivity index (χ2n) is 3.59. The average molecular weight is 212 g/mol. The van der Waals surface area contributed by atoms with Gasteiger partial charge in [-0.15, -0.1) is 0 Å². The lowest BCUT2D eigenvalue weighted by Crippen LogP contribution is -2.41. The molecule has 1 N–H and O–H groups in total. The molecule has 76 valence electrons. The Morgan fingerprint density at radius 2 is 2.36 bits per heavy atom. The lowest BCUT2D eigenvalue weighted by Gasteiger charge is -2.30. The molecule has 1 heterocycles. The van der Waals surface area contributed by atoms with Crippen molar-refractivity contribution in [3.8, 4) is 0 Å². The van der Waals surface area contributed by atoms with E-state index in [1.165, 1.54) is 0 Å². The SMILES string of the molecule is C[C@@H]1NCCO[C@H]1c1cccc(Cl)c1. The van der Waals surface area contributed by atoms with Crippen molar-refractivity contribution < 1.29 is 4.74 Å². The summed E-state index contributed by atoms with van der Waals surface area (Å²) in [5.74, 6) is 0. The number of ether oxygens (including phenoxy) is 1. The Balaban J connectivity index is 2.20. The third-order valence-corrected chi connectivity index (χ3v) is 2.73. The second kappa shape index (κ2) is 4.30. The van der Waals surface area contributed by atoms with Crippen molar-refractivity contribution in [1.29, 1.82) is 0 Å². The van der Waals surface area contributed by atoms with E-state index in [0.717, 1.165) is 23.7 Å². The van der Waals surface area contributed by atoms with E-state index in [0.29, 0.717) is 6.04 Å². The fraction of sp³-hybridized carbons (Fsp3) is 0.455. The maximum atomic E-state index is 5.94. The first-order valence-corrected chi connectivity index (χ1v) is 5.25. The highest BCUT2D eigenvalue weighted by atomic mass is 35.5. The van der Waals surface area contributed by atoms with Gasteiger partial charge in [-0.25, -0.2) is 0 Å². The van der Waals surface area contributed by atoms with Crippen LogP contribution in [-0.2, 0) is 4.74 Å². The van der Waals surface area contributed by atoms with Gasteiger partial charge in [-0.3, -0.25) is 0 Å². The van der Waals surface area contributed by atoms with Gasteiger partial charge in [0.1, 0.15) is 0 Å². The van der Waals surface area contributed by atoms with Crippen LogP contribution in [0.15, 0.2) is 24.3 Å². The molecule has 0 aromatic heterocycles. The normalized spacial score (nSPS) is 27.6. The zero-order valence-electron chi connectivity index (χ0n) is 8.16. The number of benzene rings is 1. The van der Waals surface area contributed by atoms with E-state index >= 15 is 0 Å². The lowest BCUT2D eigenvalue weighted by molar-refractivity contribution is -0.000217. The first kappa shape index (κ1) is 9.97. The van der Waals surface area contributed by atoms with Gasteiger partial charge in [0.05, 0.1) is 12.7 Å². The van der Waals surface area contributed by atoms with Gasteiger partial charge in [0.25, 0.3) is 0 Å². The van der Waals surface area contributed by atoms with Crippen molar-refractivity contribution in [1.82, 2.24) is 5.32 Å². The summed E-state index contributed by atoms with van der Waals surface area (Å²) in [7, 11) is 0. The van der Waals surface area contributed by atoms with Gasteiger partial charge < -0.3 is 10.1 Å². The van der Waals surface area contributed by atoms with Crippen LogP contribution < -0.4 is 5.32 Å². The van der Waals surface area contributed by atoms with E-state index in [9.17, 15) is 0 Å². The van der Waals surface area contributed by atoms with Crippen molar-refractivity contribution in [3.63, 3.8) is 0 Å². The predicted octanol–water partition coefficient (Wildman–Crippen LogP) is 2.39. The molecule has 1 aromatic carbocycles. The average Bonchev–Trinajstić information content (AvgIpc) is 2.18. The molecule has 1 aliphatic heterocycles. The fourth-order valence-corrected chi connectivity index (χ4v) is 1.99. The van der Waals surface area contributed by atoms with Crippen LogP contribution in [0.25, 0.3) is 0 Å². The molecule has 1 fully saturated rings. The summed E-state index contributed by atoms with van der Waals surface area (Å²) in [4.78, 5) is 0. The minimum absolute atomic E-state index is 0.127. The van der Waals surface area contributed by atoms with Gasteiger partial charge in [0, 0.05) is 17.6 Å². The van der Waals surface area contributed by atoms with Crippen LogP contribution in [-0.4, -0.2) is 19.2 Å². The lowest BCUT2D eigenvalue weighted by atomic mass is 10.0. The van der Waals surface area contributed by atoms with E-state index in [4.69, 9.17) is 16.3 Å². The van der Waals surface area contributed by atoms with Gasteiger partial charge in [-0.05, 0) is 24.6 Å². The first-order chi connectivity index (χ1) is 6.77. The molecule has 0 bridgehead atoms. The molecule has 3 heteroatoms. The number of hydrogen-bond acceptors (Lipinski definition) is 2. The monoisotopic (exact) mass is 211 g/mol. The molecule has 2 rings (SSSR count). The molecule has 0 radical (unpaired) electrons. The Bertz CT molecular complexity index is 316. The smallest absolute Gasteiger partial charge is 0.0976 e. The molecule has 2 nitrogen and oxygen atoms in total. The Morgan fingerprint density at radius 1 is 1.50 bits per heavy atom. The van der Waals surface area contributed by atoms with Crippen LogP contribution in [0.1, 0.15) is 18.6 Å². The van der Waals surface area contributed by atoms with Crippen molar-refractivity contribution in [2.45, 2.75) is 19.1 Å². The standard InChI is InChI=1S/C11H14ClNO/c1-8-11(14-6-5-13-8)9-3-2-4-10(12)7-9/h2-4,7-8,11,13H,5-6H2,1H3/t8-,11+/m0/s1. The topological polar surface area (TPSA) is 21.3 Å². The van der Waals surface area contributed by atoms with E-state index in [1.807, 2.05) is 18.2 Å². The van der Waals surface area contributed by atoms with E-state index in [-0.39, 0.29) is 6.10 Å². The van der Waals surface area contributed by atoms with Crippen molar-refractivity contribution in [3.05, 3.63) is 34.9 Å². The minimum atomic E-state index is 0.127. The Morgan fingerprint density at radius 3 is 3.07 bits per heavy atom. The zero-order valence-corrected chi connectivity index (χ0v) is 8.92. The molecule has 1 aromatic rings. The minimum Gasteiger partial charge on any atom is -0.371 e. The Hall–Kier alpha value is -0.570. The molecule has 0 aliphatic carbocycles. The van der Waals surface area contributed by atoms with Gasteiger partial charge >= 0.3 is 0 Å². The third kappa shape index (κ3) is 2.08. The van der Waals surface area contributed by atoms with Crippen LogP contribution in [0.2, 0.25) is 5.02 Å². The highest BCUT2D eigenvalue weighted by molar-refractivity contribution is 6.30. The molecule has 0 spiro atoms. The zero-order chi connectivity index (χ0) is 9.97. The van der Waals surface area contributed by atoms with Crippen LogP contribution >= 0.6 is 11.6 Å². The Labute approximate surface area is 89.2 Å². The largest absolute Gasteiger partial charge is 0.371 e. The molecule has 2 atom stereocenters. The van der Waals surface area contributed by atoms with Crippen LogP contribution in [0.3, 0.4) is 0 Å². The molecular weight excluding hydrogens is 198 g/mol. The quantitative estimate of drug-likeness (QED) is 0.770. The summed E-state index contributed by atoms with van der Waals surface area (Å²) >= 11 is 5.94. The number of rotatable bonds is 1. The highest BCUT2D eigenvalue weighted by Crippen LogP contribution is 2.25. The molecular formula is C11H14ClNO. The predicted molar refractivity (Wildman–Crippen MR) is 57.6 cm³/mol. The second-order valence-corrected chi connectivity index (χ2v) is 4.03. The maximum absolute atomic E-state index is 5.94. The van der Waals surface area contributed by atoms with E-state index < -0.39 is 0 Å². The van der Waals surface area contributed by atoms with Crippen LogP contribution in [0.5, 0.6) is 0 Å². The van der Waals surface area contributed by atoms with Crippen LogP contribution in [0, 0.1) is 0 Å². The number of halogens is 1. The van der Waals surface area contributed by atoms with Crippen molar-refractivity contribution in [2.75, 3.05) is 13.2 Å². The van der Waals surface area contributed by atoms with Gasteiger partial charge in [-0.1, -0.05) is 23.7 Å².